The van der Waals surface area contributed by atoms with Gasteiger partial charge in [-0.15, -0.1) is 0 Å². The lowest BCUT2D eigenvalue weighted by molar-refractivity contribution is 1.04. The number of aryl methyl sites for hydroxylation is 1. The molecule has 1 heterocycles. The second-order valence-electron chi connectivity index (χ2n) is 2.17. The maximum absolute atomic E-state index is 5.28. The van der Waals surface area contributed by atoms with E-state index < -0.39 is 0 Å². The molecule has 0 radical (unpaired) electrons. The molecule has 0 fully saturated rings. The van der Waals surface area contributed by atoms with Crippen LogP contribution in [0.1, 0.15) is 11.5 Å². The van der Waals surface area contributed by atoms with Gasteiger partial charge in [-0.2, -0.15) is 0 Å². The SMILES string of the molecule is Cc1nccc(/C=C/CN)n1. The smallest absolute Gasteiger partial charge is 0.125 e. The highest BCUT2D eigenvalue weighted by molar-refractivity contribution is 5.43. The van der Waals surface area contributed by atoms with Crippen molar-refractivity contribution in [3.8, 4) is 0 Å². The molecular weight excluding hydrogens is 138 g/mol. The van der Waals surface area contributed by atoms with Gasteiger partial charge in [0.25, 0.3) is 0 Å². The maximum Gasteiger partial charge on any atom is 0.125 e. The van der Waals surface area contributed by atoms with Crippen LogP contribution in [-0.4, -0.2) is 16.5 Å². The molecule has 58 valence electrons. The molecule has 2 N–H and O–H groups in total. The molecule has 0 aliphatic carbocycles. The highest BCUT2D eigenvalue weighted by Crippen LogP contribution is 1.96. The van der Waals surface area contributed by atoms with Crippen molar-refractivity contribution < 1.29 is 0 Å². The molecule has 0 aliphatic heterocycles. The molecule has 0 saturated carbocycles. The van der Waals surface area contributed by atoms with Gasteiger partial charge in [0, 0.05) is 12.7 Å². The first kappa shape index (κ1) is 7.88. The Morgan fingerprint density at radius 1 is 1.64 bits per heavy atom. The molecule has 1 aromatic heterocycles. The molecule has 0 spiro atoms. The zero-order valence-corrected chi connectivity index (χ0v) is 6.49. The van der Waals surface area contributed by atoms with Crippen LogP contribution in [0.5, 0.6) is 0 Å². The Kier molecular flexibility index (Phi) is 2.74. The summed E-state index contributed by atoms with van der Waals surface area (Å²) >= 11 is 0. The molecular formula is C8H11N3. The number of aromatic nitrogens is 2. The van der Waals surface area contributed by atoms with E-state index in [0.29, 0.717) is 6.54 Å². The number of rotatable bonds is 2. The molecule has 0 atom stereocenters. The second-order valence-corrected chi connectivity index (χ2v) is 2.17. The van der Waals surface area contributed by atoms with Gasteiger partial charge in [-0.05, 0) is 19.1 Å². The topological polar surface area (TPSA) is 51.8 Å². The first-order valence-corrected chi connectivity index (χ1v) is 3.49. The fourth-order valence-electron chi connectivity index (χ4n) is 0.756. The monoisotopic (exact) mass is 149 g/mol. The summed E-state index contributed by atoms with van der Waals surface area (Å²) in [5.41, 5.74) is 6.19. The fraction of sp³-hybridized carbons (Fsp3) is 0.250. The van der Waals surface area contributed by atoms with E-state index >= 15 is 0 Å². The molecule has 3 nitrogen and oxygen atoms in total. The Morgan fingerprint density at radius 2 is 2.45 bits per heavy atom. The van der Waals surface area contributed by atoms with Crippen molar-refractivity contribution in [3.05, 3.63) is 29.9 Å². The van der Waals surface area contributed by atoms with Crippen LogP contribution in [-0.2, 0) is 0 Å². The molecule has 0 amide bonds. The lowest BCUT2D eigenvalue weighted by Gasteiger charge is -1.92. The molecule has 0 aliphatic rings. The standard InChI is InChI=1S/C8H11N3/c1-7-10-6-4-8(11-7)3-2-5-9/h2-4,6H,5,9H2,1H3/b3-2+. The van der Waals surface area contributed by atoms with Gasteiger partial charge >= 0.3 is 0 Å². The lowest BCUT2D eigenvalue weighted by Crippen LogP contribution is -1.93. The minimum Gasteiger partial charge on any atom is -0.327 e. The predicted octanol–water partition coefficient (Wildman–Crippen LogP) is 0.757. The first-order valence-electron chi connectivity index (χ1n) is 3.49. The van der Waals surface area contributed by atoms with Gasteiger partial charge in [0.15, 0.2) is 0 Å². The van der Waals surface area contributed by atoms with Crippen LogP contribution >= 0.6 is 0 Å². The van der Waals surface area contributed by atoms with Crippen LogP contribution in [0.4, 0.5) is 0 Å². The predicted molar refractivity (Wildman–Crippen MR) is 44.9 cm³/mol. The van der Waals surface area contributed by atoms with Crippen molar-refractivity contribution in [2.75, 3.05) is 6.54 Å². The second kappa shape index (κ2) is 3.83. The summed E-state index contributed by atoms with van der Waals surface area (Å²) in [4.78, 5) is 8.13. The third-order valence-corrected chi connectivity index (χ3v) is 1.22. The van der Waals surface area contributed by atoms with Crippen LogP contribution in [0.15, 0.2) is 18.3 Å². The van der Waals surface area contributed by atoms with E-state index in [1.54, 1.807) is 6.20 Å². The van der Waals surface area contributed by atoms with Gasteiger partial charge in [-0.25, -0.2) is 9.97 Å². The Hall–Kier alpha value is -1.22. The Labute approximate surface area is 66.0 Å². The van der Waals surface area contributed by atoms with Crippen LogP contribution in [0, 0.1) is 6.92 Å². The van der Waals surface area contributed by atoms with Crippen molar-refractivity contribution in [2.45, 2.75) is 6.92 Å². The van der Waals surface area contributed by atoms with Crippen LogP contribution in [0.2, 0.25) is 0 Å². The van der Waals surface area contributed by atoms with Gasteiger partial charge < -0.3 is 5.73 Å². The van der Waals surface area contributed by atoms with E-state index in [2.05, 4.69) is 9.97 Å². The first-order chi connectivity index (χ1) is 5.33. The largest absolute Gasteiger partial charge is 0.327 e. The quantitative estimate of drug-likeness (QED) is 0.675. The molecule has 0 bridgehead atoms. The summed E-state index contributed by atoms with van der Waals surface area (Å²) in [5, 5.41) is 0. The summed E-state index contributed by atoms with van der Waals surface area (Å²) in [6.07, 6.45) is 5.48. The number of hydrogen-bond donors (Lipinski definition) is 1. The highest BCUT2D eigenvalue weighted by Gasteiger charge is 1.87. The fourth-order valence-corrected chi connectivity index (χ4v) is 0.756. The van der Waals surface area contributed by atoms with Gasteiger partial charge in [-0.3, -0.25) is 0 Å². The Morgan fingerprint density at radius 3 is 3.09 bits per heavy atom. The molecule has 0 unspecified atom stereocenters. The summed E-state index contributed by atoms with van der Waals surface area (Å²) < 4.78 is 0. The van der Waals surface area contributed by atoms with Crippen molar-refractivity contribution in [3.63, 3.8) is 0 Å². The van der Waals surface area contributed by atoms with Crippen LogP contribution in [0.3, 0.4) is 0 Å². The van der Waals surface area contributed by atoms with E-state index in [9.17, 15) is 0 Å². The van der Waals surface area contributed by atoms with E-state index in [-0.39, 0.29) is 0 Å². The van der Waals surface area contributed by atoms with E-state index in [0.717, 1.165) is 11.5 Å². The van der Waals surface area contributed by atoms with Crippen molar-refractivity contribution >= 4 is 6.08 Å². The molecule has 11 heavy (non-hydrogen) atoms. The summed E-state index contributed by atoms with van der Waals surface area (Å²) in [6, 6.07) is 1.85. The third-order valence-electron chi connectivity index (χ3n) is 1.22. The van der Waals surface area contributed by atoms with E-state index in [4.69, 9.17) is 5.73 Å². The maximum atomic E-state index is 5.28. The summed E-state index contributed by atoms with van der Waals surface area (Å²) in [6.45, 7) is 2.41. The Balaban J connectivity index is 2.79. The molecule has 1 aromatic rings. The lowest BCUT2D eigenvalue weighted by atomic mass is 10.3. The zero-order valence-electron chi connectivity index (χ0n) is 6.49. The number of nitrogens with zero attached hydrogens (tertiary/aromatic N) is 2. The van der Waals surface area contributed by atoms with Gasteiger partial charge in [-0.1, -0.05) is 6.08 Å². The summed E-state index contributed by atoms with van der Waals surface area (Å²) in [5.74, 6) is 0.782. The number of nitrogens with two attached hydrogens (primary N) is 1. The molecule has 0 saturated heterocycles. The average molecular weight is 149 g/mol. The number of hydrogen-bond acceptors (Lipinski definition) is 3. The van der Waals surface area contributed by atoms with Crippen molar-refractivity contribution in [1.29, 1.82) is 0 Å². The van der Waals surface area contributed by atoms with E-state index in [1.165, 1.54) is 0 Å². The Bertz CT molecular complexity index is 255. The minimum absolute atomic E-state index is 0.545. The van der Waals surface area contributed by atoms with Crippen LogP contribution < -0.4 is 5.73 Å². The zero-order chi connectivity index (χ0) is 8.10. The van der Waals surface area contributed by atoms with Crippen LogP contribution in [0.25, 0.3) is 6.08 Å². The summed E-state index contributed by atoms with van der Waals surface area (Å²) in [7, 11) is 0. The van der Waals surface area contributed by atoms with Crippen molar-refractivity contribution in [2.24, 2.45) is 5.73 Å². The van der Waals surface area contributed by atoms with Gasteiger partial charge in [0.2, 0.25) is 0 Å². The highest BCUT2D eigenvalue weighted by atomic mass is 14.9. The molecule has 0 aromatic carbocycles. The van der Waals surface area contributed by atoms with Crippen molar-refractivity contribution in [1.82, 2.24) is 9.97 Å². The normalized spacial score (nSPS) is 10.7. The van der Waals surface area contributed by atoms with Gasteiger partial charge in [0.05, 0.1) is 5.69 Å². The molecule has 3 heteroatoms. The van der Waals surface area contributed by atoms with Gasteiger partial charge in [0.1, 0.15) is 5.82 Å². The average Bonchev–Trinajstić information content (AvgIpc) is 2.01. The van der Waals surface area contributed by atoms with E-state index in [1.807, 2.05) is 25.1 Å². The minimum atomic E-state index is 0.545. The molecule has 1 rings (SSSR count). The third kappa shape index (κ3) is 2.47.